The Morgan fingerprint density at radius 1 is 1.53 bits per heavy atom. The lowest BCUT2D eigenvalue weighted by molar-refractivity contribution is -0.117. The van der Waals surface area contributed by atoms with E-state index in [0.717, 1.165) is 12.3 Å². The summed E-state index contributed by atoms with van der Waals surface area (Å²) < 4.78 is 12.7. The van der Waals surface area contributed by atoms with E-state index >= 15 is 0 Å². The average molecular weight is 212 g/mol. The van der Waals surface area contributed by atoms with Gasteiger partial charge in [-0.1, -0.05) is 0 Å². The Morgan fingerprint density at radius 3 is 2.80 bits per heavy atom. The molecule has 2 amide bonds. The van der Waals surface area contributed by atoms with Gasteiger partial charge in [0.1, 0.15) is 11.6 Å². The molecule has 0 atom stereocenters. The topological polar surface area (TPSA) is 111 Å². The maximum Gasteiger partial charge on any atom is 0.255 e. The number of carbonyl (C=O) groups is 2. The van der Waals surface area contributed by atoms with Gasteiger partial charge in [0.25, 0.3) is 5.91 Å². The zero-order valence-electron chi connectivity index (χ0n) is 7.66. The summed E-state index contributed by atoms with van der Waals surface area (Å²) in [5.41, 5.74) is 10.0. The van der Waals surface area contributed by atoms with Crippen molar-refractivity contribution in [2.24, 2.45) is 5.73 Å². The van der Waals surface area contributed by atoms with E-state index in [1.54, 1.807) is 0 Å². The van der Waals surface area contributed by atoms with E-state index in [9.17, 15) is 14.0 Å². The zero-order valence-corrected chi connectivity index (χ0v) is 7.66. The van der Waals surface area contributed by atoms with E-state index in [1.807, 2.05) is 0 Å². The number of nitrogens with two attached hydrogens (primary N) is 2. The zero-order chi connectivity index (χ0) is 11.4. The van der Waals surface area contributed by atoms with Crippen molar-refractivity contribution >= 4 is 17.6 Å². The van der Waals surface area contributed by atoms with Crippen molar-refractivity contribution in [1.29, 1.82) is 0 Å². The van der Waals surface area contributed by atoms with E-state index in [0.29, 0.717) is 0 Å². The first-order valence-electron chi connectivity index (χ1n) is 3.98. The van der Waals surface area contributed by atoms with Gasteiger partial charge in [0.15, 0.2) is 0 Å². The Labute approximate surface area is 84.5 Å². The monoisotopic (exact) mass is 212 g/mol. The molecule has 1 aromatic heterocycles. The molecule has 0 aliphatic heterocycles. The maximum absolute atomic E-state index is 12.7. The SMILES string of the molecule is NC(=O)CNC(=O)c1cc(F)cnc1N. The number of hydrogen-bond acceptors (Lipinski definition) is 4. The molecule has 0 spiro atoms. The highest BCUT2D eigenvalue weighted by atomic mass is 19.1. The van der Waals surface area contributed by atoms with E-state index in [1.165, 1.54) is 0 Å². The standard InChI is InChI=1S/C8H9FN4O2/c9-4-1-5(7(11)12-2-4)8(15)13-3-6(10)14/h1-2H,3H2,(H2,10,14)(H2,11,12)(H,13,15). The predicted octanol–water partition coefficient (Wildman–Crippen LogP) is -0.982. The molecule has 7 heteroatoms. The van der Waals surface area contributed by atoms with Crippen molar-refractivity contribution in [1.82, 2.24) is 10.3 Å². The highest BCUT2D eigenvalue weighted by molar-refractivity contribution is 5.99. The summed E-state index contributed by atoms with van der Waals surface area (Å²) in [6, 6.07) is 0.929. The molecule has 0 saturated carbocycles. The van der Waals surface area contributed by atoms with Crippen LogP contribution in [0.25, 0.3) is 0 Å². The minimum Gasteiger partial charge on any atom is -0.383 e. The van der Waals surface area contributed by atoms with Gasteiger partial charge in [-0.2, -0.15) is 0 Å². The van der Waals surface area contributed by atoms with Crippen LogP contribution in [0.4, 0.5) is 10.2 Å². The van der Waals surface area contributed by atoms with Gasteiger partial charge in [0.2, 0.25) is 5.91 Å². The fourth-order valence-corrected chi connectivity index (χ4v) is 0.894. The number of aromatic nitrogens is 1. The van der Waals surface area contributed by atoms with E-state index in [-0.39, 0.29) is 17.9 Å². The fourth-order valence-electron chi connectivity index (χ4n) is 0.894. The number of primary amides is 1. The molecule has 15 heavy (non-hydrogen) atoms. The number of hydrogen-bond donors (Lipinski definition) is 3. The number of nitrogens with one attached hydrogen (secondary N) is 1. The van der Waals surface area contributed by atoms with Gasteiger partial charge >= 0.3 is 0 Å². The fraction of sp³-hybridized carbons (Fsp3) is 0.125. The number of pyridine rings is 1. The third kappa shape index (κ3) is 2.90. The van der Waals surface area contributed by atoms with Crippen LogP contribution in [0.5, 0.6) is 0 Å². The van der Waals surface area contributed by atoms with Gasteiger partial charge < -0.3 is 16.8 Å². The molecule has 0 bridgehead atoms. The quantitative estimate of drug-likeness (QED) is 0.597. The van der Waals surface area contributed by atoms with Gasteiger partial charge in [-0.15, -0.1) is 0 Å². The van der Waals surface area contributed by atoms with Gasteiger partial charge in [-0.05, 0) is 6.07 Å². The molecule has 1 rings (SSSR count). The molecule has 0 aromatic carbocycles. The number of nitrogen functional groups attached to an aromatic ring is 1. The van der Waals surface area contributed by atoms with E-state index in [4.69, 9.17) is 11.5 Å². The summed E-state index contributed by atoms with van der Waals surface area (Å²) in [5, 5.41) is 2.17. The molecule has 0 saturated heterocycles. The molecule has 0 radical (unpaired) electrons. The van der Waals surface area contributed by atoms with Crippen molar-refractivity contribution in [3.8, 4) is 0 Å². The lowest BCUT2D eigenvalue weighted by atomic mass is 10.2. The maximum atomic E-state index is 12.7. The van der Waals surface area contributed by atoms with Crippen molar-refractivity contribution in [3.63, 3.8) is 0 Å². The molecule has 0 fully saturated rings. The first-order valence-corrected chi connectivity index (χ1v) is 3.98. The van der Waals surface area contributed by atoms with Crippen LogP contribution >= 0.6 is 0 Å². The second-order valence-corrected chi connectivity index (χ2v) is 2.74. The summed E-state index contributed by atoms with van der Waals surface area (Å²) in [5.74, 6) is -2.20. The summed E-state index contributed by atoms with van der Waals surface area (Å²) in [7, 11) is 0. The Hall–Kier alpha value is -2.18. The predicted molar refractivity (Wildman–Crippen MR) is 50.1 cm³/mol. The number of nitrogens with zero attached hydrogens (tertiary/aromatic N) is 1. The Kier molecular flexibility index (Phi) is 3.17. The number of carbonyl (C=O) groups excluding carboxylic acids is 2. The van der Waals surface area contributed by atoms with Crippen molar-refractivity contribution < 1.29 is 14.0 Å². The Morgan fingerprint density at radius 2 is 2.20 bits per heavy atom. The lowest BCUT2D eigenvalue weighted by Gasteiger charge is -2.04. The Balaban J connectivity index is 2.81. The third-order valence-electron chi connectivity index (χ3n) is 1.55. The summed E-state index contributed by atoms with van der Waals surface area (Å²) in [4.78, 5) is 25.1. The molecule has 1 heterocycles. The smallest absolute Gasteiger partial charge is 0.255 e. The lowest BCUT2D eigenvalue weighted by Crippen LogP contribution is -2.33. The van der Waals surface area contributed by atoms with Crippen LogP contribution in [0.3, 0.4) is 0 Å². The number of halogens is 1. The molecular formula is C8H9FN4O2. The molecular weight excluding hydrogens is 203 g/mol. The van der Waals surface area contributed by atoms with Crippen LogP contribution in [-0.4, -0.2) is 23.3 Å². The number of rotatable bonds is 3. The van der Waals surface area contributed by atoms with Crippen LogP contribution in [0.2, 0.25) is 0 Å². The number of amides is 2. The molecule has 80 valence electrons. The largest absolute Gasteiger partial charge is 0.383 e. The Bertz CT molecular complexity index is 408. The van der Waals surface area contributed by atoms with Crippen LogP contribution in [0.1, 0.15) is 10.4 Å². The second kappa shape index (κ2) is 4.36. The number of anilines is 1. The van der Waals surface area contributed by atoms with Crippen LogP contribution in [0.15, 0.2) is 12.3 Å². The average Bonchev–Trinajstić information content (AvgIpc) is 2.18. The molecule has 0 aliphatic rings. The molecule has 1 aromatic rings. The van der Waals surface area contributed by atoms with Crippen LogP contribution in [0, 0.1) is 5.82 Å². The van der Waals surface area contributed by atoms with Crippen LogP contribution < -0.4 is 16.8 Å². The second-order valence-electron chi connectivity index (χ2n) is 2.74. The molecule has 0 aliphatic carbocycles. The first-order chi connectivity index (χ1) is 7.00. The molecule has 5 N–H and O–H groups in total. The van der Waals surface area contributed by atoms with Gasteiger partial charge in [0, 0.05) is 0 Å². The summed E-state index contributed by atoms with van der Waals surface area (Å²) in [6.07, 6.45) is 0.889. The van der Waals surface area contributed by atoms with Gasteiger partial charge in [-0.25, -0.2) is 9.37 Å². The minimum absolute atomic E-state index is 0.113. The third-order valence-corrected chi connectivity index (χ3v) is 1.55. The normalized spacial score (nSPS) is 9.67. The van der Waals surface area contributed by atoms with Crippen molar-refractivity contribution in [3.05, 3.63) is 23.6 Å². The summed E-state index contributed by atoms with van der Waals surface area (Å²) >= 11 is 0. The molecule has 0 unspecified atom stereocenters. The van der Waals surface area contributed by atoms with Gasteiger partial charge in [0.05, 0.1) is 18.3 Å². The van der Waals surface area contributed by atoms with Gasteiger partial charge in [-0.3, -0.25) is 9.59 Å². The highest BCUT2D eigenvalue weighted by Gasteiger charge is 2.12. The minimum atomic E-state index is -0.703. The van der Waals surface area contributed by atoms with Crippen LogP contribution in [-0.2, 0) is 4.79 Å². The van der Waals surface area contributed by atoms with E-state index in [2.05, 4.69) is 10.3 Å². The van der Waals surface area contributed by atoms with Crippen molar-refractivity contribution in [2.75, 3.05) is 12.3 Å². The molecule has 6 nitrogen and oxygen atoms in total. The van der Waals surface area contributed by atoms with Crippen molar-refractivity contribution in [2.45, 2.75) is 0 Å². The highest BCUT2D eigenvalue weighted by Crippen LogP contribution is 2.09. The first kappa shape index (κ1) is 10.9. The summed E-state index contributed by atoms with van der Waals surface area (Å²) in [6.45, 7) is -0.339. The van der Waals surface area contributed by atoms with E-state index < -0.39 is 17.6 Å².